The fourth-order valence-corrected chi connectivity index (χ4v) is 3.12. The maximum Gasteiger partial charge on any atom is 0.387 e. The van der Waals surface area contributed by atoms with Gasteiger partial charge in [-0.05, 0) is 36.4 Å². The van der Waals surface area contributed by atoms with E-state index in [-0.39, 0.29) is 22.1 Å². The molecule has 9 heteroatoms. The summed E-state index contributed by atoms with van der Waals surface area (Å²) in [5.74, 6) is 0.480. The molecule has 0 saturated carbocycles. The van der Waals surface area contributed by atoms with Crippen LogP contribution in [-0.4, -0.2) is 29.2 Å². The fourth-order valence-electron chi connectivity index (χ4n) is 1.91. The first-order valence-corrected chi connectivity index (χ1v) is 8.14. The standard InChI is InChI=1S/C15H15F2NO5S/c1-21-12-7-8-14(13(9-12)22-2)24(19,20)18-10-3-5-11(6-4-10)23-15(16)17/h3-9,15,18H,1-2H3. The number of hydrogen-bond acceptors (Lipinski definition) is 5. The van der Waals surface area contributed by atoms with Crippen molar-refractivity contribution in [3.63, 3.8) is 0 Å². The number of anilines is 1. The van der Waals surface area contributed by atoms with Crippen LogP contribution >= 0.6 is 0 Å². The summed E-state index contributed by atoms with van der Waals surface area (Å²) in [6, 6.07) is 9.35. The van der Waals surface area contributed by atoms with Crippen molar-refractivity contribution in [1.82, 2.24) is 0 Å². The number of alkyl halides is 2. The highest BCUT2D eigenvalue weighted by atomic mass is 32.2. The van der Waals surface area contributed by atoms with E-state index < -0.39 is 16.6 Å². The first-order valence-electron chi connectivity index (χ1n) is 6.65. The number of rotatable bonds is 7. The summed E-state index contributed by atoms with van der Waals surface area (Å²) in [5.41, 5.74) is 0.189. The number of sulfonamides is 1. The molecule has 0 aliphatic carbocycles. The minimum atomic E-state index is -3.94. The Labute approximate surface area is 138 Å². The van der Waals surface area contributed by atoms with Gasteiger partial charge in [-0.25, -0.2) is 8.42 Å². The first kappa shape index (κ1) is 17.8. The van der Waals surface area contributed by atoms with Crippen molar-refractivity contribution in [2.24, 2.45) is 0 Å². The van der Waals surface area contributed by atoms with Crippen LogP contribution in [0.5, 0.6) is 17.2 Å². The SMILES string of the molecule is COc1ccc(S(=O)(=O)Nc2ccc(OC(F)F)cc2)c(OC)c1. The van der Waals surface area contributed by atoms with Crippen LogP contribution in [0.25, 0.3) is 0 Å². The molecule has 2 rings (SSSR count). The minimum absolute atomic E-state index is 0.0741. The summed E-state index contributed by atoms with van der Waals surface area (Å²) in [6.07, 6.45) is 0. The van der Waals surface area contributed by atoms with E-state index in [1.807, 2.05) is 0 Å². The molecular formula is C15H15F2NO5S. The Morgan fingerprint density at radius 3 is 2.12 bits per heavy atom. The number of ether oxygens (including phenoxy) is 3. The van der Waals surface area contributed by atoms with E-state index in [9.17, 15) is 17.2 Å². The molecule has 0 fully saturated rings. The smallest absolute Gasteiger partial charge is 0.387 e. The van der Waals surface area contributed by atoms with Crippen LogP contribution in [0.15, 0.2) is 47.4 Å². The van der Waals surface area contributed by atoms with E-state index in [0.29, 0.717) is 5.75 Å². The molecule has 0 bridgehead atoms. The predicted molar refractivity (Wildman–Crippen MR) is 83.4 cm³/mol. The van der Waals surface area contributed by atoms with Crippen LogP contribution in [0.4, 0.5) is 14.5 Å². The number of hydrogen-bond donors (Lipinski definition) is 1. The van der Waals surface area contributed by atoms with E-state index in [1.54, 1.807) is 0 Å². The van der Waals surface area contributed by atoms with Crippen LogP contribution in [-0.2, 0) is 10.0 Å². The number of halogens is 2. The summed E-state index contributed by atoms with van der Waals surface area (Å²) in [6.45, 7) is -2.95. The van der Waals surface area contributed by atoms with E-state index in [1.165, 1.54) is 56.7 Å². The molecule has 0 aliphatic rings. The second-order valence-corrected chi connectivity index (χ2v) is 6.18. The average Bonchev–Trinajstić information content (AvgIpc) is 2.55. The largest absolute Gasteiger partial charge is 0.497 e. The Morgan fingerprint density at radius 1 is 0.958 bits per heavy atom. The molecule has 0 heterocycles. The van der Waals surface area contributed by atoms with Crippen molar-refractivity contribution >= 4 is 15.7 Å². The minimum Gasteiger partial charge on any atom is -0.497 e. The zero-order valence-electron chi connectivity index (χ0n) is 12.8. The lowest BCUT2D eigenvalue weighted by Crippen LogP contribution is -2.14. The molecule has 0 atom stereocenters. The van der Waals surface area contributed by atoms with Crippen LogP contribution in [0.3, 0.4) is 0 Å². The van der Waals surface area contributed by atoms with E-state index in [2.05, 4.69) is 9.46 Å². The van der Waals surface area contributed by atoms with Crippen molar-refractivity contribution in [2.45, 2.75) is 11.5 Å². The van der Waals surface area contributed by atoms with Gasteiger partial charge in [0.05, 0.1) is 14.2 Å². The van der Waals surface area contributed by atoms with Gasteiger partial charge in [0.15, 0.2) is 0 Å². The Kier molecular flexibility index (Phi) is 5.45. The van der Waals surface area contributed by atoms with Gasteiger partial charge in [-0.15, -0.1) is 0 Å². The van der Waals surface area contributed by atoms with Crippen molar-refractivity contribution in [2.75, 3.05) is 18.9 Å². The Balaban J connectivity index is 2.25. The fraction of sp³-hybridized carbons (Fsp3) is 0.200. The topological polar surface area (TPSA) is 73.9 Å². The lowest BCUT2D eigenvalue weighted by Gasteiger charge is -2.13. The number of nitrogens with one attached hydrogen (secondary N) is 1. The molecule has 2 aromatic carbocycles. The molecule has 0 aliphatic heterocycles. The van der Waals surface area contributed by atoms with E-state index in [4.69, 9.17) is 9.47 Å². The highest BCUT2D eigenvalue weighted by molar-refractivity contribution is 7.92. The molecule has 0 amide bonds. The molecule has 0 saturated heterocycles. The lowest BCUT2D eigenvalue weighted by atomic mass is 10.3. The summed E-state index contributed by atoms with van der Waals surface area (Å²) in [7, 11) is -1.15. The zero-order valence-corrected chi connectivity index (χ0v) is 13.6. The summed E-state index contributed by atoms with van der Waals surface area (Å²) in [5, 5.41) is 0. The van der Waals surface area contributed by atoms with E-state index in [0.717, 1.165) is 0 Å². The highest BCUT2D eigenvalue weighted by Gasteiger charge is 2.20. The first-order chi connectivity index (χ1) is 11.4. The third-order valence-corrected chi connectivity index (χ3v) is 4.41. The molecular weight excluding hydrogens is 344 g/mol. The van der Waals surface area contributed by atoms with Gasteiger partial charge in [0.25, 0.3) is 10.0 Å². The predicted octanol–water partition coefficient (Wildman–Crippen LogP) is 3.11. The van der Waals surface area contributed by atoms with Crippen LogP contribution in [0.1, 0.15) is 0 Å². The molecule has 130 valence electrons. The monoisotopic (exact) mass is 359 g/mol. The maximum absolute atomic E-state index is 12.5. The van der Waals surface area contributed by atoms with Crippen LogP contribution in [0, 0.1) is 0 Å². The van der Waals surface area contributed by atoms with Gasteiger partial charge in [0.2, 0.25) is 0 Å². The van der Waals surface area contributed by atoms with Crippen molar-refractivity contribution in [3.8, 4) is 17.2 Å². The summed E-state index contributed by atoms with van der Waals surface area (Å²) >= 11 is 0. The van der Waals surface area contributed by atoms with Crippen molar-refractivity contribution in [1.29, 1.82) is 0 Å². The van der Waals surface area contributed by atoms with Gasteiger partial charge in [0.1, 0.15) is 22.1 Å². The molecule has 0 spiro atoms. The van der Waals surface area contributed by atoms with Crippen molar-refractivity contribution < 1.29 is 31.4 Å². The summed E-state index contributed by atoms with van der Waals surface area (Å²) in [4.78, 5) is -0.0845. The molecule has 2 aromatic rings. The quantitative estimate of drug-likeness (QED) is 0.822. The third-order valence-electron chi connectivity index (χ3n) is 2.99. The van der Waals surface area contributed by atoms with Gasteiger partial charge in [-0.3, -0.25) is 4.72 Å². The Bertz CT molecular complexity index is 794. The second-order valence-electron chi connectivity index (χ2n) is 4.53. The summed E-state index contributed by atoms with van der Waals surface area (Å²) < 4.78 is 65.7. The highest BCUT2D eigenvalue weighted by Crippen LogP contribution is 2.30. The van der Waals surface area contributed by atoms with Gasteiger partial charge < -0.3 is 14.2 Å². The molecule has 0 radical (unpaired) electrons. The lowest BCUT2D eigenvalue weighted by molar-refractivity contribution is -0.0498. The van der Waals surface area contributed by atoms with Gasteiger partial charge >= 0.3 is 6.61 Å². The molecule has 0 aromatic heterocycles. The number of methoxy groups -OCH3 is 2. The molecule has 24 heavy (non-hydrogen) atoms. The van der Waals surface area contributed by atoms with E-state index >= 15 is 0 Å². The molecule has 0 unspecified atom stereocenters. The van der Waals surface area contributed by atoms with Crippen LogP contribution in [0.2, 0.25) is 0 Å². The van der Waals surface area contributed by atoms with Crippen molar-refractivity contribution in [3.05, 3.63) is 42.5 Å². The Hall–Kier alpha value is -2.55. The maximum atomic E-state index is 12.5. The zero-order chi connectivity index (χ0) is 17.7. The number of benzene rings is 2. The normalized spacial score (nSPS) is 11.2. The molecule has 1 N–H and O–H groups in total. The average molecular weight is 359 g/mol. The van der Waals surface area contributed by atoms with Gasteiger partial charge in [-0.2, -0.15) is 8.78 Å². The third kappa shape index (κ3) is 4.25. The molecule has 6 nitrogen and oxygen atoms in total. The van der Waals surface area contributed by atoms with Gasteiger partial charge in [-0.1, -0.05) is 0 Å². The second kappa shape index (κ2) is 7.35. The van der Waals surface area contributed by atoms with Crippen LogP contribution < -0.4 is 18.9 Å². The Morgan fingerprint density at radius 2 is 1.58 bits per heavy atom. The van der Waals surface area contributed by atoms with Gasteiger partial charge in [0, 0.05) is 11.8 Å².